The van der Waals surface area contributed by atoms with E-state index < -0.39 is 0 Å². The molecule has 0 aromatic heterocycles. The lowest BCUT2D eigenvalue weighted by Crippen LogP contribution is -3.09. The molecule has 1 heterocycles. The maximum atomic E-state index is 2.35. The van der Waals surface area contributed by atoms with Gasteiger partial charge < -0.3 is 4.90 Å². The summed E-state index contributed by atoms with van der Waals surface area (Å²) in [5, 5.41) is 0. The van der Waals surface area contributed by atoms with Crippen molar-refractivity contribution in [2.45, 2.75) is 33.2 Å². The summed E-state index contributed by atoms with van der Waals surface area (Å²) in [6, 6.07) is 10.9. The normalized spacial score (nSPS) is 29.5. The number of hydrogen-bond donors (Lipinski definition) is 1. The van der Waals surface area contributed by atoms with E-state index in [1.54, 1.807) is 4.90 Å². The van der Waals surface area contributed by atoms with E-state index in [0.29, 0.717) is 0 Å². The van der Waals surface area contributed by atoms with E-state index in [4.69, 9.17) is 0 Å². The zero-order valence-electron chi connectivity index (χ0n) is 10.6. The van der Waals surface area contributed by atoms with Gasteiger partial charge in [-0.3, -0.25) is 0 Å². The van der Waals surface area contributed by atoms with Crippen LogP contribution in [-0.2, 0) is 6.54 Å². The molecule has 16 heavy (non-hydrogen) atoms. The molecule has 1 aromatic rings. The lowest BCUT2D eigenvalue weighted by molar-refractivity contribution is -0.904. The van der Waals surface area contributed by atoms with E-state index in [-0.39, 0.29) is 0 Å². The smallest absolute Gasteiger partial charge is 0.103 e. The van der Waals surface area contributed by atoms with Crippen LogP contribution in [0, 0.1) is 11.8 Å². The molecule has 0 saturated carbocycles. The predicted octanol–water partition coefficient (Wildman–Crippen LogP) is 2.14. The average molecular weight is 218 g/mol. The summed E-state index contributed by atoms with van der Waals surface area (Å²) in [7, 11) is 0. The largest absolute Gasteiger partial charge is 0.331 e. The van der Waals surface area contributed by atoms with E-state index in [2.05, 4.69) is 44.2 Å². The van der Waals surface area contributed by atoms with Gasteiger partial charge in [-0.05, 0) is 12.8 Å². The van der Waals surface area contributed by atoms with Gasteiger partial charge in [0.05, 0.1) is 13.1 Å². The first-order chi connectivity index (χ1) is 7.83. The van der Waals surface area contributed by atoms with Crippen LogP contribution < -0.4 is 4.90 Å². The van der Waals surface area contributed by atoms with Gasteiger partial charge >= 0.3 is 0 Å². The van der Waals surface area contributed by atoms with Crippen LogP contribution in [0.25, 0.3) is 0 Å². The van der Waals surface area contributed by atoms with Crippen molar-refractivity contribution in [3.63, 3.8) is 0 Å². The van der Waals surface area contributed by atoms with Gasteiger partial charge in [-0.25, -0.2) is 0 Å². The van der Waals surface area contributed by atoms with E-state index in [0.717, 1.165) is 11.8 Å². The number of rotatable bonds is 4. The first-order valence-corrected chi connectivity index (χ1v) is 6.71. The second kappa shape index (κ2) is 5.49. The van der Waals surface area contributed by atoms with Crippen molar-refractivity contribution >= 4 is 0 Å². The molecule has 0 amide bonds. The van der Waals surface area contributed by atoms with Gasteiger partial charge in [0.2, 0.25) is 0 Å². The molecule has 88 valence electrons. The maximum Gasteiger partial charge on any atom is 0.103 e. The molecule has 1 N–H and O–H groups in total. The van der Waals surface area contributed by atoms with Crippen molar-refractivity contribution in [1.29, 1.82) is 0 Å². The zero-order chi connectivity index (χ0) is 11.4. The summed E-state index contributed by atoms with van der Waals surface area (Å²) in [6.07, 6.45) is 2.72. The van der Waals surface area contributed by atoms with E-state index in [1.165, 1.54) is 38.0 Å². The number of nitrogens with one attached hydrogen (secondary N) is 1. The highest BCUT2D eigenvalue weighted by atomic mass is 15.1. The highest BCUT2D eigenvalue weighted by Crippen LogP contribution is 2.20. The standard InChI is InChI=1S/C15H23N/c1-3-14-11-16(12-15(14)4-2)10-13-8-6-5-7-9-13/h5-9,14-15H,3-4,10-12H2,1-2H3/p+1. The summed E-state index contributed by atoms with van der Waals surface area (Å²) in [4.78, 5) is 1.78. The molecule has 1 fully saturated rings. The van der Waals surface area contributed by atoms with Gasteiger partial charge in [0.1, 0.15) is 6.54 Å². The fraction of sp³-hybridized carbons (Fsp3) is 0.600. The van der Waals surface area contributed by atoms with Crippen molar-refractivity contribution in [1.82, 2.24) is 0 Å². The minimum atomic E-state index is 0.962. The third-order valence-corrected chi connectivity index (χ3v) is 4.11. The molecule has 1 nitrogen and oxygen atoms in total. The van der Waals surface area contributed by atoms with E-state index in [1.807, 2.05) is 0 Å². The van der Waals surface area contributed by atoms with Crippen LogP contribution >= 0.6 is 0 Å². The van der Waals surface area contributed by atoms with Crippen molar-refractivity contribution in [2.24, 2.45) is 11.8 Å². The Morgan fingerprint density at radius 3 is 2.06 bits per heavy atom. The Hall–Kier alpha value is -0.820. The van der Waals surface area contributed by atoms with Crippen molar-refractivity contribution < 1.29 is 4.90 Å². The molecular weight excluding hydrogens is 194 g/mol. The Labute approximate surface area is 99.5 Å². The molecule has 1 aliphatic heterocycles. The highest BCUT2D eigenvalue weighted by molar-refractivity contribution is 5.13. The molecular formula is C15H24N+. The number of quaternary nitrogens is 1. The minimum Gasteiger partial charge on any atom is -0.331 e. The number of hydrogen-bond acceptors (Lipinski definition) is 0. The molecule has 1 heteroatoms. The van der Waals surface area contributed by atoms with Crippen molar-refractivity contribution in [3.8, 4) is 0 Å². The maximum absolute atomic E-state index is 2.35. The minimum absolute atomic E-state index is 0.962. The average Bonchev–Trinajstić information content (AvgIpc) is 2.72. The molecule has 1 saturated heterocycles. The Morgan fingerprint density at radius 2 is 1.56 bits per heavy atom. The van der Waals surface area contributed by atoms with Crippen molar-refractivity contribution in [3.05, 3.63) is 35.9 Å². The third kappa shape index (κ3) is 2.65. The summed E-state index contributed by atoms with van der Waals surface area (Å²) in [6.45, 7) is 8.67. The molecule has 0 bridgehead atoms. The highest BCUT2D eigenvalue weighted by Gasteiger charge is 2.33. The lowest BCUT2D eigenvalue weighted by atomic mass is 9.92. The quantitative estimate of drug-likeness (QED) is 0.790. The molecule has 0 radical (unpaired) electrons. The third-order valence-electron chi connectivity index (χ3n) is 4.11. The summed E-state index contributed by atoms with van der Waals surface area (Å²) in [5.74, 6) is 1.92. The molecule has 0 spiro atoms. The van der Waals surface area contributed by atoms with Gasteiger partial charge in [-0.1, -0.05) is 44.2 Å². The molecule has 2 atom stereocenters. The Bertz CT molecular complexity index is 294. The Balaban J connectivity index is 1.93. The summed E-state index contributed by atoms with van der Waals surface area (Å²) < 4.78 is 0. The van der Waals surface area contributed by atoms with Crippen LogP contribution in [-0.4, -0.2) is 13.1 Å². The first kappa shape index (κ1) is 11.7. The Morgan fingerprint density at radius 1 is 1.00 bits per heavy atom. The van der Waals surface area contributed by atoms with Crippen LogP contribution in [0.4, 0.5) is 0 Å². The topological polar surface area (TPSA) is 4.44 Å². The van der Waals surface area contributed by atoms with Gasteiger partial charge in [0.15, 0.2) is 0 Å². The van der Waals surface area contributed by atoms with Gasteiger partial charge in [0, 0.05) is 17.4 Å². The molecule has 1 aromatic carbocycles. The van der Waals surface area contributed by atoms with Gasteiger partial charge in [-0.15, -0.1) is 0 Å². The molecule has 1 aliphatic rings. The zero-order valence-corrected chi connectivity index (χ0v) is 10.6. The molecule has 0 aliphatic carbocycles. The van der Waals surface area contributed by atoms with E-state index in [9.17, 15) is 0 Å². The van der Waals surface area contributed by atoms with Crippen molar-refractivity contribution in [2.75, 3.05) is 13.1 Å². The van der Waals surface area contributed by atoms with E-state index >= 15 is 0 Å². The van der Waals surface area contributed by atoms with Crippen LogP contribution in [0.5, 0.6) is 0 Å². The van der Waals surface area contributed by atoms with Crippen LogP contribution in [0.2, 0.25) is 0 Å². The SMILES string of the molecule is CCC1C[NH+](Cc2ccccc2)CC1CC. The number of likely N-dealkylation sites (tertiary alicyclic amines) is 1. The van der Waals surface area contributed by atoms with Crippen LogP contribution in [0.15, 0.2) is 30.3 Å². The fourth-order valence-electron chi connectivity index (χ4n) is 3.14. The van der Waals surface area contributed by atoms with Gasteiger partial charge in [-0.2, -0.15) is 0 Å². The molecule has 2 rings (SSSR count). The van der Waals surface area contributed by atoms with Crippen LogP contribution in [0.1, 0.15) is 32.3 Å². The summed E-state index contributed by atoms with van der Waals surface area (Å²) >= 11 is 0. The second-order valence-electron chi connectivity index (χ2n) is 5.16. The fourth-order valence-corrected chi connectivity index (χ4v) is 3.14. The first-order valence-electron chi connectivity index (χ1n) is 6.71. The molecule has 2 unspecified atom stereocenters. The van der Waals surface area contributed by atoms with Crippen LogP contribution in [0.3, 0.4) is 0 Å². The lowest BCUT2D eigenvalue weighted by Gasteiger charge is -2.12. The monoisotopic (exact) mass is 218 g/mol. The van der Waals surface area contributed by atoms with Gasteiger partial charge in [0.25, 0.3) is 0 Å². The number of benzene rings is 1. The second-order valence-corrected chi connectivity index (χ2v) is 5.16. The predicted molar refractivity (Wildman–Crippen MR) is 68.4 cm³/mol. The summed E-state index contributed by atoms with van der Waals surface area (Å²) in [5.41, 5.74) is 1.49. The Kier molecular flexibility index (Phi) is 4.00.